The molecule has 1 aliphatic rings. The number of imide groups is 1. The molecule has 154 valence electrons. The zero-order valence-corrected chi connectivity index (χ0v) is 17.0. The topological polar surface area (TPSA) is 103 Å². The maximum absolute atomic E-state index is 13.0. The summed E-state index contributed by atoms with van der Waals surface area (Å²) in [6, 6.07) is 15.2. The molecule has 8 nitrogen and oxygen atoms in total. The van der Waals surface area contributed by atoms with E-state index in [1.807, 2.05) is 24.3 Å². The summed E-state index contributed by atoms with van der Waals surface area (Å²) in [4.78, 5) is 40.6. The van der Waals surface area contributed by atoms with Crippen LogP contribution in [0.2, 0.25) is 0 Å². The maximum Gasteiger partial charge on any atom is 0.325 e. The number of nitrogens with zero attached hydrogens (tertiary/aromatic N) is 3. The lowest BCUT2D eigenvalue weighted by atomic mass is 9.91. The number of carbonyl (C=O) groups is 3. The molecule has 1 heterocycles. The number of hydrogen-bond acceptors (Lipinski definition) is 5. The van der Waals surface area contributed by atoms with Crippen LogP contribution in [0.3, 0.4) is 0 Å². The van der Waals surface area contributed by atoms with Gasteiger partial charge in [0.05, 0.1) is 18.7 Å². The summed E-state index contributed by atoms with van der Waals surface area (Å²) in [6.45, 7) is 1.45. The Morgan fingerprint density at radius 2 is 1.97 bits per heavy atom. The van der Waals surface area contributed by atoms with Crippen LogP contribution in [0.1, 0.15) is 23.6 Å². The number of likely N-dealkylation sites (N-methyl/N-ethyl adjacent to an activating group) is 1. The summed E-state index contributed by atoms with van der Waals surface area (Å²) in [6.07, 6.45) is 0. The number of hydrogen-bond donors (Lipinski definition) is 1. The molecule has 30 heavy (non-hydrogen) atoms. The molecule has 1 N–H and O–H groups in total. The molecule has 0 aromatic heterocycles. The molecule has 1 fully saturated rings. The normalized spacial score (nSPS) is 18.0. The van der Waals surface area contributed by atoms with Crippen molar-refractivity contribution < 1.29 is 19.1 Å². The minimum absolute atomic E-state index is 0.272. The van der Waals surface area contributed by atoms with E-state index in [1.54, 1.807) is 51.4 Å². The second-order valence-electron chi connectivity index (χ2n) is 7.20. The smallest absolute Gasteiger partial charge is 0.325 e. The van der Waals surface area contributed by atoms with Crippen molar-refractivity contribution >= 4 is 17.8 Å². The molecular weight excluding hydrogens is 384 g/mol. The van der Waals surface area contributed by atoms with E-state index in [0.29, 0.717) is 16.9 Å². The lowest BCUT2D eigenvalue weighted by Gasteiger charge is -2.23. The fourth-order valence-corrected chi connectivity index (χ4v) is 3.37. The van der Waals surface area contributed by atoms with Crippen LogP contribution < -0.4 is 10.1 Å². The van der Waals surface area contributed by atoms with E-state index < -0.39 is 17.5 Å². The Hall–Kier alpha value is -3.86. The fraction of sp³-hybridized carbons (Fsp3) is 0.273. The molecule has 0 unspecified atom stereocenters. The van der Waals surface area contributed by atoms with E-state index >= 15 is 0 Å². The van der Waals surface area contributed by atoms with Gasteiger partial charge in [-0.2, -0.15) is 5.26 Å². The van der Waals surface area contributed by atoms with Crippen LogP contribution in [0.15, 0.2) is 48.5 Å². The highest BCUT2D eigenvalue weighted by Crippen LogP contribution is 2.29. The monoisotopic (exact) mass is 406 g/mol. The molecule has 0 spiro atoms. The third-order valence-corrected chi connectivity index (χ3v) is 5.16. The lowest BCUT2D eigenvalue weighted by Crippen LogP contribution is -2.43. The zero-order chi connectivity index (χ0) is 21.9. The predicted molar refractivity (Wildman–Crippen MR) is 108 cm³/mol. The van der Waals surface area contributed by atoms with Crippen molar-refractivity contribution in [2.45, 2.75) is 19.0 Å². The van der Waals surface area contributed by atoms with E-state index in [9.17, 15) is 14.4 Å². The van der Waals surface area contributed by atoms with Gasteiger partial charge >= 0.3 is 6.03 Å². The van der Waals surface area contributed by atoms with Crippen LogP contribution in [-0.4, -0.2) is 48.3 Å². The summed E-state index contributed by atoms with van der Waals surface area (Å²) in [5.41, 5.74) is 0.330. The summed E-state index contributed by atoms with van der Waals surface area (Å²) in [5, 5.41) is 11.8. The first-order valence-corrected chi connectivity index (χ1v) is 9.30. The molecule has 1 saturated heterocycles. The van der Waals surface area contributed by atoms with E-state index in [1.165, 1.54) is 4.90 Å². The number of methoxy groups -OCH3 is 1. The van der Waals surface area contributed by atoms with Gasteiger partial charge < -0.3 is 15.0 Å². The van der Waals surface area contributed by atoms with Crippen LogP contribution in [0.5, 0.6) is 5.75 Å². The Balaban J connectivity index is 1.75. The number of nitrogens with one attached hydrogen (secondary N) is 1. The van der Waals surface area contributed by atoms with Crippen molar-refractivity contribution in [3.63, 3.8) is 0 Å². The van der Waals surface area contributed by atoms with Crippen molar-refractivity contribution in [2.75, 3.05) is 20.7 Å². The Kier molecular flexibility index (Phi) is 5.74. The van der Waals surface area contributed by atoms with Crippen LogP contribution in [0.4, 0.5) is 4.79 Å². The average molecular weight is 406 g/mol. The first-order chi connectivity index (χ1) is 14.3. The number of urea groups is 1. The van der Waals surface area contributed by atoms with Gasteiger partial charge in [0.1, 0.15) is 17.8 Å². The zero-order valence-electron chi connectivity index (χ0n) is 17.0. The molecule has 1 atom stereocenters. The Bertz CT molecular complexity index is 1050. The number of ether oxygens (including phenoxy) is 1. The molecule has 3 rings (SSSR count). The van der Waals surface area contributed by atoms with Gasteiger partial charge in [-0.25, -0.2) is 4.79 Å². The highest BCUT2D eigenvalue weighted by atomic mass is 16.5. The molecular formula is C22H22N4O4. The van der Waals surface area contributed by atoms with Crippen LogP contribution >= 0.6 is 0 Å². The first kappa shape index (κ1) is 20.9. The molecule has 4 amide bonds. The minimum Gasteiger partial charge on any atom is -0.496 e. The number of carbonyl (C=O) groups excluding carboxylic acids is 3. The van der Waals surface area contributed by atoms with Crippen LogP contribution in [0, 0.1) is 11.3 Å². The van der Waals surface area contributed by atoms with Gasteiger partial charge in [0, 0.05) is 19.2 Å². The summed E-state index contributed by atoms with van der Waals surface area (Å²) >= 11 is 0. The summed E-state index contributed by atoms with van der Waals surface area (Å²) < 4.78 is 5.30. The SMILES string of the molecule is COc1ccccc1CN(C)C(=O)CN1C(=O)N[C@@](C)(c2cccc(C#N)c2)C1=O. The molecule has 0 radical (unpaired) electrons. The Morgan fingerprint density at radius 3 is 2.67 bits per heavy atom. The number of benzene rings is 2. The summed E-state index contributed by atoms with van der Waals surface area (Å²) in [5.74, 6) is -0.279. The van der Waals surface area contributed by atoms with Crippen LogP contribution in [-0.2, 0) is 21.7 Å². The van der Waals surface area contributed by atoms with E-state index in [-0.39, 0.29) is 19.0 Å². The fourth-order valence-electron chi connectivity index (χ4n) is 3.37. The van der Waals surface area contributed by atoms with E-state index in [2.05, 4.69) is 5.32 Å². The van der Waals surface area contributed by atoms with Gasteiger partial charge in [-0.3, -0.25) is 14.5 Å². The van der Waals surface area contributed by atoms with Gasteiger partial charge in [0.15, 0.2) is 0 Å². The standard InChI is InChI=1S/C22H22N4O4/c1-22(17-9-6-7-15(11-17)12-23)20(28)26(21(29)24-22)14-19(27)25(2)13-16-8-4-5-10-18(16)30-3/h4-11H,13-14H2,1-3H3,(H,24,29)/t22-/m0/s1. The molecule has 0 aliphatic carbocycles. The van der Waals surface area contributed by atoms with Crippen molar-refractivity contribution in [3.05, 3.63) is 65.2 Å². The minimum atomic E-state index is -1.34. The molecule has 0 saturated carbocycles. The van der Waals surface area contributed by atoms with Gasteiger partial charge in [-0.05, 0) is 30.7 Å². The highest BCUT2D eigenvalue weighted by Gasteiger charge is 2.49. The van der Waals surface area contributed by atoms with E-state index in [0.717, 1.165) is 10.5 Å². The third kappa shape index (κ3) is 3.82. The Morgan fingerprint density at radius 1 is 1.23 bits per heavy atom. The maximum atomic E-state index is 13.0. The van der Waals surface area contributed by atoms with Gasteiger partial charge in [-0.1, -0.05) is 30.3 Å². The van der Waals surface area contributed by atoms with Gasteiger partial charge in [-0.15, -0.1) is 0 Å². The highest BCUT2D eigenvalue weighted by molar-refractivity contribution is 6.09. The van der Waals surface area contributed by atoms with Gasteiger partial charge in [0.25, 0.3) is 5.91 Å². The second kappa shape index (κ2) is 8.25. The van der Waals surface area contributed by atoms with Crippen molar-refractivity contribution in [1.82, 2.24) is 15.1 Å². The summed E-state index contributed by atoms with van der Waals surface area (Å²) in [7, 11) is 3.15. The lowest BCUT2D eigenvalue weighted by molar-refractivity contribution is -0.138. The molecule has 0 bridgehead atoms. The second-order valence-corrected chi connectivity index (χ2v) is 7.20. The quantitative estimate of drug-likeness (QED) is 0.739. The van der Waals surface area contributed by atoms with Crippen molar-refractivity contribution in [3.8, 4) is 11.8 Å². The van der Waals surface area contributed by atoms with Crippen molar-refractivity contribution in [1.29, 1.82) is 5.26 Å². The Labute approximate surface area is 174 Å². The molecule has 8 heteroatoms. The largest absolute Gasteiger partial charge is 0.496 e. The van der Waals surface area contributed by atoms with Crippen molar-refractivity contribution in [2.24, 2.45) is 0 Å². The average Bonchev–Trinajstić information content (AvgIpc) is 2.98. The first-order valence-electron chi connectivity index (χ1n) is 9.30. The molecule has 2 aromatic carbocycles. The molecule has 1 aliphatic heterocycles. The predicted octanol–water partition coefficient (Wildman–Crippen LogP) is 1.99. The number of para-hydroxylation sites is 1. The number of rotatable bonds is 6. The van der Waals surface area contributed by atoms with Crippen LogP contribution in [0.25, 0.3) is 0 Å². The molecule has 2 aromatic rings. The number of amides is 4. The number of nitriles is 1. The van der Waals surface area contributed by atoms with E-state index in [4.69, 9.17) is 10.00 Å². The van der Waals surface area contributed by atoms with Gasteiger partial charge in [0.2, 0.25) is 5.91 Å². The third-order valence-electron chi connectivity index (χ3n) is 5.16.